The molecule has 0 spiro atoms. The van der Waals surface area contributed by atoms with Gasteiger partial charge in [-0.15, -0.1) is 0 Å². The molecule has 0 unspecified atom stereocenters. The van der Waals surface area contributed by atoms with Gasteiger partial charge in [0.05, 0.1) is 36.5 Å². The number of fused-ring (bicyclic) bond motifs is 1. The summed E-state index contributed by atoms with van der Waals surface area (Å²) < 4.78 is 6.61. The monoisotopic (exact) mass is 410 g/mol. The van der Waals surface area contributed by atoms with Crippen LogP contribution in [0.15, 0.2) is 36.4 Å². The maximum absolute atomic E-state index is 13.5. The van der Waals surface area contributed by atoms with E-state index in [-0.39, 0.29) is 5.91 Å². The number of ether oxygens (including phenoxy) is 1. The highest BCUT2D eigenvalue weighted by atomic mass is 32.1. The second-order valence-corrected chi connectivity index (χ2v) is 8.87. The minimum atomic E-state index is 0.0230. The molecular weight excluding hydrogens is 382 g/mol. The fourth-order valence-corrected chi connectivity index (χ4v) is 5.04. The van der Waals surface area contributed by atoms with Gasteiger partial charge in [-0.3, -0.25) is 9.69 Å². The van der Waals surface area contributed by atoms with Crippen LogP contribution in [0, 0.1) is 20.8 Å². The fourth-order valence-electron chi connectivity index (χ4n) is 3.87. The van der Waals surface area contributed by atoms with Gasteiger partial charge in [-0.25, -0.2) is 4.98 Å². The molecule has 4 rings (SSSR count). The number of rotatable bonds is 5. The van der Waals surface area contributed by atoms with Crippen LogP contribution in [0.5, 0.6) is 0 Å². The summed E-state index contributed by atoms with van der Waals surface area (Å²) in [4.78, 5) is 21.7. The number of hydrogen-bond acceptors (Lipinski definition) is 4. The van der Waals surface area contributed by atoms with Crippen molar-refractivity contribution in [3.63, 3.8) is 0 Å². The van der Waals surface area contributed by atoms with E-state index in [0.717, 1.165) is 59.3 Å². The Morgan fingerprint density at radius 2 is 1.93 bits per heavy atom. The first-order chi connectivity index (χ1) is 14.0. The third-order valence-electron chi connectivity index (χ3n) is 5.45. The fraction of sp³-hybridized carbons (Fsp3) is 0.391. The van der Waals surface area contributed by atoms with Crippen molar-refractivity contribution in [2.45, 2.75) is 20.8 Å². The summed E-state index contributed by atoms with van der Waals surface area (Å²) in [6.07, 6.45) is 0. The zero-order valence-electron chi connectivity index (χ0n) is 17.3. The molecule has 0 saturated carbocycles. The van der Waals surface area contributed by atoms with E-state index in [9.17, 15) is 4.79 Å². The van der Waals surface area contributed by atoms with Gasteiger partial charge < -0.3 is 9.64 Å². The van der Waals surface area contributed by atoms with Crippen molar-refractivity contribution < 1.29 is 14.4 Å². The summed E-state index contributed by atoms with van der Waals surface area (Å²) in [5.41, 5.74) is 5.18. The zero-order valence-corrected chi connectivity index (χ0v) is 18.1. The summed E-state index contributed by atoms with van der Waals surface area (Å²) in [5, 5.41) is 0.785. The summed E-state index contributed by atoms with van der Waals surface area (Å²) in [5.74, 6) is 0.0230. The number of carbonyl (C=O) groups is 1. The summed E-state index contributed by atoms with van der Waals surface area (Å²) in [6, 6.07) is 12.1. The molecule has 1 aliphatic heterocycles. The molecule has 1 aromatic heterocycles. The molecule has 2 aromatic carbocycles. The van der Waals surface area contributed by atoms with Crippen LogP contribution in [0.3, 0.4) is 0 Å². The molecule has 6 heteroatoms. The quantitative estimate of drug-likeness (QED) is 0.704. The topological polar surface area (TPSA) is 46.9 Å². The van der Waals surface area contributed by atoms with Gasteiger partial charge in [-0.2, -0.15) is 0 Å². The average molecular weight is 411 g/mol. The Kier molecular flexibility index (Phi) is 5.94. The van der Waals surface area contributed by atoms with Crippen LogP contribution in [-0.2, 0) is 4.74 Å². The highest BCUT2D eigenvalue weighted by molar-refractivity contribution is 7.22. The van der Waals surface area contributed by atoms with Gasteiger partial charge in [-0.05, 0) is 50.1 Å². The smallest absolute Gasteiger partial charge is 0.260 e. The van der Waals surface area contributed by atoms with Gasteiger partial charge in [0.15, 0.2) is 5.13 Å². The first-order valence-electron chi connectivity index (χ1n) is 10.2. The van der Waals surface area contributed by atoms with Crippen LogP contribution in [0.25, 0.3) is 10.2 Å². The van der Waals surface area contributed by atoms with E-state index < -0.39 is 0 Å². The number of aromatic nitrogens is 1. The molecule has 0 radical (unpaired) electrons. The van der Waals surface area contributed by atoms with Crippen LogP contribution in [0.2, 0.25) is 0 Å². The van der Waals surface area contributed by atoms with Crippen molar-refractivity contribution >= 4 is 32.6 Å². The van der Waals surface area contributed by atoms with Crippen molar-refractivity contribution in [3.05, 3.63) is 58.7 Å². The van der Waals surface area contributed by atoms with Crippen molar-refractivity contribution in [2.75, 3.05) is 44.3 Å². The van der Waals surface area contributed by atoms with Gasteiger partial charge in [0.25, 0.3) is 5.91 Å². The van der Waals surface area contributed by atoms with E-state index in [1.165, 1.54) is 10.5 Å². The van der Waals surface area contributed by atoms with Crippen LogP contribution < -0.4 is 9.80 Å². The number of amides is 1. The molecule has 1 N–H and O–H groups in total. The lowest BCUT2D eigenvalue weighted by Gasteiger charge is -2.27. The molecule has 3 aromatic rings. The van der Waals surface area contributed by atoms with Gasteiger partial charge >= 0.3 is 0 Å². The molecule has 0 aliphatic carbocycles. The average Bonchev–Trinajstić information content (AvgIpc) is 3.13. The number of morpholine rings is 1. The Labute approximate surface area is 175 Å². The predicted octanol–water partition coefficient (Wildman–Crippen LogP) is 2.78. The number of benzene rings is 2. The number of quaternary nitrogens is 1. The highest BCUT2D eigenvalue weighted by Crippen LogP contribution is 2.32. The van der Waals surface area contributed by atoms with Crippen LogP contribution in [0.4, 0.5) is 5.13 Å². The van der Waals surface area contributed by atoms with E-state index in [0.29, 0.717) is 12.1 Å². The minimum Gasteiger partial charge on any atom is -0.370 e. The van der Waals surface area contributed by atoms with Crippen molar-refractivity contribution in [2.24, 2.45) is 0 Å². The minimum absolute atomic E-state index is 0.0230. The SMILES string of the molecule is Cc1cccc(C(=O)N(CC[NH+]2CCOCC2)c2nc3c(C)cc(C)cc3s2)c1. The first-order valence-corrected chi connectivity index (χ1v) is 11.0. The number of aryl methyl sites for hydroxylation is 3. The number of anilines is 1. The standard InChI is InChI=1S/C23H27N3O2S/c1-16-5-4-6-19(14-16)22(27)26(8-7-25-9-11-28-12-10-25)23-24-21-18(3)13-17(2)15-20(21)29-23/h4-6,13-15H,7-12H2,1-3H3/p+1. The molecule has 1 aliphatic rings. The summed E-state index contributed by atoms with van der Waals surface area (Å²) in [6.45, 7) is 11.3. The molecule has 0 atom stereocenters. The molecule has 1 amide bonds. The van der Waals surface area contributed by atoms with E-state index in [4.69, 9.17) is 9.72 Å². The third-order valence-corrected chi connectivity index (χ3v) is 6.47. The van der Waals surface area contributed by atoms with Gasteiger partial charge in [0.2, 0.25) is 0 Å². The molecule has 0 bridgehead atoms. The second-order valence-electron chi connectivity index (χ2n) is 7.86. The highest BCUT2D eigenvalue weighted by Gasteiger charge is 2.24. The number of nitrogens with one attached hydrogen (secondary N) is 1. The Morgan fingerprint density at radius 3 is 2.69 bits per heavy atom. The number of nitrogens with zero attached hydrogens (tertiary/aromatic N) is 2. The Balaban J connectivity index is 1.67. The van der Waals surface area contributed by atoms with E-state index in [1.807, 2.05) is 36.1 Å². The molecular formula is C23H28N3O2S+. The van der Waals surface area contributed by atoms with Gasteiger partial charge in [0, 0.05) is 5.56 Å². The molecule has 29 heavy (non-hydrogen) atoms. The molecule has 152 valence electrons. The van der Waals surface area contributed by atoms with Crippen LogP contribution >= 0.6 is 11.3 Å². The number of hydrogen-bond donors (Lipinski definition) is 1. The molecule has 1 fully saturated rings. The Bertz CT molecular complexity index is 1020. The van der Waals surface area contributed by atoms with E-state index in [1.54, 1.807) is 11.3 Å². The molecule has 5 nitrogen and oxygen atoms in total. The summed E-state index contributed by atoms with van der Waals surface area (Å²) in [7, 11) is 0. The lowest BCUT2D eigenvalue weighted by atomic mass is 10.1. The first kappa shape index (κ1) is 20.0. The lowest BCUT2D eigenvalue weighted by molar-refractivity contribution is -0.906. The van der Waals surface area contributed by atoms with Gasteiger partial charge in [-0.1, -0.05) is 35.1 Å². The normalized spacial score (nSPS) is 15.0. The van der Waals surface area contributed by atoms with Crippen molar-refractivity contribution in [1.29, 1.82) is 0 Å². The predicted molar refractivity (Wildman–Crippen MR) is 118 cm³/mol. The van der Waals surface area contributed by atoms with Crippen LogP contribution in [-0.4, -0.2) is 50.3 Å². The largest absolute Gasteiger partial charge is 0.370 e. The Hall–Kier alpha value is -2.28. The van der Waals surface area contributed by atoms with Crippen LogP contribution in [0.1, 0.15) is 27.0 Å². The Morgan fingerprint density at radius 1 is 1.14 bits per heavy atom. The molecule has 1 saturated heterocycles. The maximum Gasteiger partial charge on any atom is 0.260 e. The number of thiazole rings is 1. The second kappa shape index (κ2) is 8.61. The van der Waals surface area contributed by atoms with Crippen molar-refractivity contribution in [3.8, 4) is 0 Å². The molecule has 2 heterocycles. The van der Waals surface area contributed by atoms with Crippen molar-refractivity contribution in [1.82, 2.24) is 4.98 Å². The zero-order chi connectivity index (χ0) is 20.4. The van der Waals surface area contributed by atoms with E-state index >= 15 is 0 Å². The summed E-state index contributed by atoms with van der Waals surface area (Å²) >= 11 is 1.61. The number of carbonyl (C=O) groups excluding carboxylic acids is 1. The van der Waals surface area contributed by atoms with Gasteiger partial charge in [0.1, 0.15) is 13.1 Å². The van der Waals surface area contributed by atoms with E-state index in [2.05, 4.69) is 26.0 Å². The third kappa shape index (κ3) is 4.50. The maximum atomic E-state index is 13.5. The lowest BCUT2D eigenvalue weighted by Crippen LogP contribution is -3.14.